The Bertz CT molecular complexity index is 511. The number of aryl methyl sites for hydroxylation is 1. The van der Waals surface area contributed by atoms with Crippen LogP contribution in [0.1, 0.15) is 16.7 Å². The Labute approximate surface area is 118 Å². The third-order valence-electron chi connectivity index (χ3n) is 2.84. The largest absolute Gasteiger partial charge is 0.467 e. The zero-order valence-electron chi connectivity index (χ0n) is 10.9. The Morgan fingerprint density at radius 1 is 1.00 bits per heavy atom. The van der Waals surface area contributed by atoms with Gasteiger partial charge in [0.25, 0.3) is 0 Å². The van der Waals surface area contributed by atoms with Gasteiger partial charge < -0.3 is 9.47 Å². The molecule has 0 aromatic heterocycles. The maximum atomic E-state index is 5.89. The molecule has 2 aromatic rings. The fraction of sp³-hybridized carbons (Fsp3) is 0.250. The van der Waals surface area contributed by atoms with E-state index in [0.717, 1.165) is 22.4 Å². The Balaban J connectivity index is 1.86. The Morgan fingerprint density at radius 3 is 2.53 bits per heavy atom. The van der Waals surface area contributed by atoms with E-state index in [9.17, 15) is 0 Å². The van der Waals surface area contributed by atoms with Crippen molar-refractivity contribution in [3.63, 3.8) is 0 Å². The van der Waals surface area contributed by atoms with E-state index in [0.29, 0.717) is 12.5 Å². The summed E-state index contributed by atoms with van der Waals surface area (Å²) in [7, 11) is 0. The molecule has 0 heterocycles. The van der Waals surface area contributed by atoms with Gasteiger partial charge in [0.05, 0.1) is 12.5 Å². The molecule has 0 radical (unpaired) electrons. The van der Waals surface area contributed by atoms with Gasteiger partial charge in [0.2, 0.25) is 0 Å². The van der Waals surface area contributed by atoms with E-state index in [-0.39, 0.29) is 6.79 Å². The Morgan fingerprint density at radius 2 is 1.79 bits per heavy atom. The molecule has 0 spiro atoms. The number of benzene rings is 2. The highest BCUT2D eigenvalue weighted by Gasteiger charge is 2.05. The normalized spacial score (nSPS) is 10.4. The number of ether oxygens (including phenoxy) is 2. The van der Waals surface area contributed by atoms with Crippen LogP contribution in [0.15, 0.2) is 48.5 Å². The molecule has 0 saturated carbocycles. The summed E-state index contributed by atoms with van der Waals surface area (Å²) in [6, 6.07) is 16.0. The lowest BCUT2D eigenvalue weighted by Gasteiger charge is -2.13. The van der Waals surface area contributed by atoms with E-state index < -0.39 is 0 Å². The fourth-order valence-corrected chi connectivity index (χ4v) is 2.07. The van der Waals surface area contributed by atoms with Gasteiger partial charge in [-0.15, -0.1) is 11.6 Å². The second-order valence-corrected chi connectivity index (χ2v) is 4.56. The van der Waals surface area contributed by atoms with Gasteiger partial charge in [0.15, 0.2) is 6.79 Å². The first-order chi connectivity index (χ1) is 9.31. The smallest absolute Gasteiger partial charge is 0.189 e. The minimum absolute atomic E-state index is 0.226. The molecular weight excluding hydrogens is 260 g/mol. The highest BCUT2D eigenvalue weighted by Crippen LogP contribution is 2.24. The van der Waals surface area contributed by atoms with Gasteiger partial charge in [0.1, 0.15) is 5.75 Å². The van der Waals surface area contributed by atoms with Gasteiger partial charge in [-0.2, -0.15) is 0 Å². The van der Waals surface area contributed by atoms with Crippen LogP contribution in [0.5, 0.6) is 5.75 Å². The lowest BCUT2D eigenvalue weighted by atomic mass is 10.1. The van der Waals surface area contributed by atoms with Crippen LogP contribution in [-0.2, 0) is 17.2 Å². The van der Waals surface area contributed by atoms with Gasteiger partial charge in [-0.3, -0.25) is 0 Å². The first-order valence-corrected chi connectivity index (χ1v) is 6.73. The van der Waals surface area contributed by atoms with E-state index >= 15 is 0 Å². The third-order valence-corrected chi connectivity index (χ3v) is 3.12. The lowest BCUT2D eigenvalue weighted by Crippen LogP contribution is -2.05. The molecule has 2 nitrogen and oxygen atoms in total. The molecule has 100 valence electrons. The highest BCUT2D eigenvalue weighted by atomic mass is 35.5. The van der Waals surface area contributed by atoms with Crippen LogP contribution in [0.4, 0.5) is 0 Å². The molecule has 0 saturated heterocycles. The number of halogens is 1. The molecule has 0 unspecified atom stereocenters. The first-order valence-electron chi connectivity index (χ1n) is 6.20. The van der Waals surface area contributed by atoms with Crippen LogP contribution in [0, 0.1) is 6.92 Å². The van der Waals surface area contributed by atoms with Gasteiger partial charge >= 0.3 is 0 Å². The summed E-state index contributed by atoms with van der Waals surface area (Å²) in [5.41, 5.74) is 3.19. The summed E-state index contributed by atoms with van der Waals surface area (Å²) in [5.74, 6) is 1.26. The van der Waals surface area contributed by atoms with Crippen molar-refractivity contribution < 1.29 is 9.47 Å². The van der Waals surface area contributed by atoms with E-state index in [2.05, 4.69) is 0 Å². The van der Waals surface area contributed by atoms with Crippen molar-refractivity contribution >= 4 is 11.6 Å². The van der Waals surface area contributed by atoms with Crippen LogP contribution in [0.25, 0.3) is 0 Å². The monoisotopic (exact) mass is 276 g/mol. The van der Waals surface area contributed by atoms with Crippen molar-refractivity contribution in [3.05, 3.63) is 65.2 Å². The molecule has 0 aliphatic rings. The number of alkyl halides is 1. The third kappa shape index (κ3) is 3.98. The maximum absolute atomic E-state index is 5.89. The van der Waals surface area contributed by atoms with E-state index in [1.807, 2.05) is 55.5 Å². The quantitative estimate of drug-likeness (QED) is 0.445. The minimum Gasteiger partial charge on any atom is -0.467 e. The summed E-state index contributed by atoms with van der Waals surface area (Å²) in [6.07, 6.45) is 0. The van der Waals surface area contributed by atoms with Crippen LogP contribution in [0.3, 0.4) is 0 Å². The van der Waals surface area contributed by atoms with Gasteiger partial charge in [-0.25, -0.2) is 0 Å². The van der Waals surface area contributed by atoms with Crippen molar-refractivity contribution in [2.45, 2.75) is 19.4 Å². The van der Waals surface area contributed by atoms with E-state index in [1.54, 1.807) is 0 Å². The summed E-state index contributed by atoms with van der Waals surface area (Å²) in [4.78, 5) is 0. The van der Waals surface area contributed by atoms with Gasteiger partial charge in [-0.05, 0) is 18.1 Å². The van der Waals surface area contributed by atoms with Crippen LogP contribution < -0.4 is 4.74 Å². The van der Waals surface area contributed by atoms with Crippen LogP contribution >= 0.6 is 11.6 Å². The van der Waals surface area contributed by atoms with Crippen molar-refractivity contribution in [2.75, 3.05) is 6.79 Å². The van der Waals surface area contributed by atoms with Crippen molar-refractivity contribution in [1.82, 2.24) is 0 Å². The molecule has 0 aliphatic carbocycles. The molecule has 2 rings (SSSR count). The number of para-hydroxylation sites is 1. The van der Waals surface area contributed by atoms with Gasteiger partial charge in [-0.1, -0.05) is 48.5 Å². The molecule has 0 aliphatic heterocycles. The number of hydrogen-bond acceptors (Lipinski definition) is 2. The summed E-state index contributed by atoms with van der Waals surface area (Å²) >= 11 is 5.89. The topological polar surface area (TPSA) is 18.5 Å². The fourth-order valence-electron chi connectivity index (χ4n) is 1.86. The maximum Gasteiger partial charge on any atom is 0.189 e. The summed E-state index contributed by atoms with van der Waals surface area (Å²) < 4.78 is 11.2. The molecule has 3 heteroatoms. The average molecular weight is 277 g/mol. The molecule has 19 heavy (non-hydrogen) atoms. The predicted octanol–water partition coefficient (Wildman–Crippen LogP) is 4.29. The molecule has 0 bridgehead atoms. The predicted molar refractivity (Wildman–Crippen MR) is 77.5 cm³/mol. The average Bonchev–Trinajstić information content (AvgIpc) is 2.46. The Kier molecular flexibility index (Phi) is 5.25. The second kappa shape index (κ2) is 7.17. The number of hydrogen-bond donors (Lipinski definition) is 0. The molecule has 0 amide bonds. The highest BCUT2D eigenvalue weighted by molar-refractivity contribution is 6.17. The Hall–Kier alpha value is -1.51. The second-order valence-electron chi connectivity index (χ2n) is 4.29. The molecule has 0 atom stereocenters. The molecule has 0 N–H and O–H groups in total. The van der Waals surface area contributed by atoms with Crippen molar-refractivity contribution in [2.24, 2.45) is 0 Å². The zero-order chi connectivity index (χ0) is 13.5. The standard InChI is InChI=1S/C16H17ClO2/c1-13-6-5-9-15(10-17)16(13)19-12-18-11-14-7-3-2-4-8-14/h2-9H,10-12H2,1H3. The van der Waals surface area contributed by atoms with Crippen molar-refractivity contribution in [1.29, 1.82) is 0 Å². The van der Waals surface area contributed by atoms with E-state index in [4.69, 9.17) is 21.1 Å². The van der Waals surface area contributed by atoms with E-state index in [1.165, 1.54) is 0 Å². The molecule has 2 aromatic carbocycles. The van der Waals surface area contributed by atoms with Crippen molar-refractivity contribution in [3.8, 4) is 5.75 Å². The lowest BCUT2D eigenvalue weighted by molar-refractivity contribution is 0.00427. The first kappa shape index (κ1) is 13.9. The van der Waals surface area contributed by atoms with Gasteiger partial charge in [0, 0.05) is 5.56 Å². The SMILES string of the molecule is Cc1cccc(CCl)c1OCOCc1ccccc1. The van der Waals surface area contributed by atoms with Crippen LogP contribution in [-0.4, -0.2) is 6.79 Å². The summed E-state index contributed by atoms with van der Waals surface area (Å²) in [6.45, 7) is 2.77. The molecule has 0 fully saturated rings. The zero-order valence-corrected chi connectivity index (χ0v) is 11.7. The minimum atomic E-state index is 0.226. The number of rotatable bonds is 6. The summed E-state index contributed by atoms with van der Waals surface area (Å²) in [5, 5.41) is 0. The molecular formula is C16H17ClO2. The van der Waals surface area contributed by atoms with Crippen LogP contribution in [0.2, 0.25) is 0 Å².